The van der Waals surface area contributed by atoms with E-state index in [9.17, 15) is 14.7 Å². The van der Waals surface area contributed by atoms with Crippen LogP contribution < -0.4 is 10.1 Å². The number of aliphatic carboxylic acids is 1. The lowest BCUT2D eigenvalue weighted by Gasteiger charge is -2.08. The average Bonchev–Trinajstić information content (AvgIpc) is 3.04. The van der Waals surface area contributed by atoms with Gasteiger partial charge in [-0.3, -0.25) is 9.59 Å². The third-order valence-corrected chi connectivity index (χ3v) is 3.93. The van der Waals surface area contributed by atoms with Crippen molar-refractivity contribution in [1.82, 2.24) is 14.9 Å². The highest BCUT2D eigenvalue weighted by atomic mass is 16.5. The van der Waals surface area contributed by atoms with Crippen molar-refractivity contribution in [3.63, 3.8) is 0 Å². The van der Waals surface area contributed by atoms with E-state index in [1.54, 1.807) is 19.4 Å². The Hall–Kier alpha value is -3.55. The number of aromatic nitrogens is 2. The number of carbonyl (C=O) groups excluding carboxylic acids is 1. The number of fused-ring (bicyclic) bond motifs is 1. The fourth-order valence-electron chi connectivity index (χ4n) is 2.61. The minimum atomic E-state index is -1.18. The lowest BCUT2D eigenvalue weighted by Crippen LogP contribution is -2.29. The van der Waals surface area contributed by atoms with E-state index < -0.39 is 18.4 Å². The number of nitrogens with one attached hydrogen (secondary N) is 1. The summed E-state index contributed by atoms with van der Waals surface area (Å²) < 4.78 is 7.03. The lowest BCUT2D eigenvalue weighted by atomic mass is 10.2. The quantitative estimate of drug-likeness (QED) is 0.619. The van der Waals surface area contributed by atoms with Gasteiger partial charge in [-0.15, -0.1) is 0 Å². The molecule has 3 N–H and O–H groups in total. The van der Waals surface area contributed by atoms with E-state index >= 15 is 0 Å². The molecule has 2 aromatic heterocycles. The summed E-state index contributed by atoms with van der Waals surface area (Å²) >= 11 is 0. The molecule has 0 aliphatic heterocycles. The van der Waals surface area contributed by atoms with E-state index in [0.717, 1.165) is 11.3 Å². The number of rotatable bonds is 6. The molecule has 0 fully saturated rings. The van der Waals surface area contributed by atoms with Gasteiger partial charge in [0.15, 0.2) is 11.4 Å². The number of hydrogen-bond acceptors (Lipinski definition) is 5. The van der Waals surface area contributed by atoms with Gasteiger partial charge in [0.25, 0.3) is 5.91 Å². The summed E-state index contributed by atoms with van der Waals surface area (Å²) in [6, 6.07) is 9.28. The Bertz CT molecular complexity index is 963. The zero-order valence-electron chi connectivity index (χ0n) is 14.0. The van der Waals surface area contributed by atoms with Gasteiger partial charge in [-0.25, -0.2) is 4.98 Å². The zero-order chi connectivity index (χ0) is 18.7. The number of pyridine rings is 1. The highest BCUT2D eigenvalue weighted by Crippen LogP contribution is 2.28. The first-order chi connectivity index (χ1) is 12.5. The molecule has 0 aliphatic rings. The topological polar surface area (TPSA) is 114 Å². The number of nitrogens with zero attached hydrogens (tertiary/aromatic N) is 2. The second kappa shape index (κ2) is 7.14. The molecule has 0 radical (unpaired) electrons. The van der Waals surface area contributed by atoms with Gasteiger partial charge in [0, 0.05) is 18.1 Å². The van der Waals surface area contributed by atoms with Gasteiger partial charge in [0.05, 0.1) is 18.8 Å². The third kappa shape index (κ3) is 3.44. The van der Waals surface area contributed by atoms with Gasteiger partial charge in [-0.05, 0) is 23.8 Å². The van der Waals surface area contributed by atoms with Crippen molar-refractivity contribution < 1.29 is 24.5 Å². The molecule has 0 spiro atoms. The minimum Gasteiger partial charge on any atom is -0.505 e. The van der Waals surface area contributed by atoms with E-state index in [0.29, 0.717) is 17.4 Å². The summed E-state index contributed by atoms with van der Waals surface area (Å²) in [5.74, 6) is -1.43. The van der Waals surface area contributed by atoms with Gasteiger partial charge in [0.1, 0.15) is 12.3 Å². The van der Waals surface area contributed by atoms with Crippen LogP contribution in [-0.2, 0) is 11.3 Å². The second-order valence-corrected chi connectivity index (χ2v) is 5.62. The predicted octanol–water partition coefficient (Wildman–Crippen LogP) is 1.61. The summed E-state index contributed by atoms with van der Waals surface area (Å²) in [7, 11) is 1.60. The number of aromatic hydroxyl groups is 1. The average molecular weight is 355 g/mol. The smallest absolute Gasteiger partial charge is 0.322 e. The molecule has 0 bridgehead atoms. The highest BCUT2D eigenvalue weighted by molar-refractivity contribution is 6.01. The van der Waals surface area contributed by atoms with Crippen LogP contribution in [-0.4, -0.2) is 45.3 Å². The maximum absolute atomic E-state index is 12.0. The minimum absolute atomic E-state index is 0.207. The molecule has 2 heterocycles. The normalized spacial score (nSPS) is 10.7. The Balaban J connectivity index is 1.87. The van der Waals surface area contributed by atoms with E-state index in [1.807, 2.05) is 28.8 Å². The number of carboxylic acids is 1. The Morgan fingerprint density at radius 3 is 2.62 bits per heavy atom. The molecule has 0 unspecified atom stereocenters. The molecule has 26 heavy (non-hydrogen) atoms. The first-order valence-electron chi connectivity index (χ1n) is 7.79. The first kappa shape index (κ1) is 17.3. The molecular weight excluding hydrogens is 338 g/mol. The lowest BCUT2D eigenvalue weighted by molar-refractivity contribution is -0.135. The van der Waals surface area contributed by atoms with Crippen LogP contribution in [0, 0.1) is 0 Å². The summed E-state index contributed by atoms with van der Waals surface area (Å²) in [5, 5.41) is 21.6. The van der Waals surface area contributed by atoms with Crippen LogP contribution in [0.2, 0.25) is 0 Å². The summed E-state index contributed by atoms with van der Waals surface area (Å²) in [6.07, 6.45) is 3.27. The van der Waals surface area contributed by atoms with Crippen molar-refractivity contribution >= 4 is 22.8 Å². The second-order valence-electron chi connectivity index (χ2n) is 5.62. The molecule has 3 rings (SSSR count). The van der Waals surface area contributed by atoms with Crippen LogP contribution >= 0.6 is 0 Å². The van der Waals surface area contributed by atoms with E-state index in [2.05, 4.69) is 10.3 Å². The van der Waals surface area contributed by atoms with Crippen LogP contribution in [0.4, 0.5) is 0 Å². The molecule has 8 nitrogen and oxygen atoms in total. The maximum Gasteiger partial charge on any atom is 0.322 e. The molecule has 3 aromatic rings. The fourth-order valence-corrected chi connectivity index (χ4v) is 2.61. The van der Waals surface area contributed by atoms with Crippen molar-refractivity contribution in [1.29, 1.82) is 0 Å². The van der Waals surface area contributed by atoms with Crippen molar-refractivity contribution in [2.45, 2.75) is 6.54 Å². The first-order valence-corrected chi connectivity index (χ1v) is 7.79. The SMILES string of the molecule is COc1ccc(Cn2ccc3c(O)c(C(=O)NCC(=O)O)ncc32)cc1. The highest BCUT2D eigenvalue weighted by Gasteiger charge is 2.18. The van der Waals surface area contributed by atoms with Gasteiger partial charge >= 0.3 is 5.97 Å². The van der Waals surface area contributed by atoms with Crippen LogP contribution in [0.5, 0.6) is 11.5 Å². The van der Waals surface area contributed by atoms with Gasteiger partial charge < -0.3 is 24.8 Å². The maximum atomic E-state index is 12.0. The molecule has 0 saturated carbocycles. The molecule has 1 amide bonds. The number of amides is 1. The largest absolute Gasteiger partial charge is 0.505 e. The van der Waals surface area contributed by atoms with Crippen molar-refractivity contribution in [3.05, 3.63) is 54.0 Å². The van der Waals surface area contributed by atoms with Crippen LogP contribution in [0.1, 0.15) is 16.1 Å². The zero-order valence-corrected chi connectivity index (χ0v) is 14.0. The summed E-state index contributed by atoms with van der Waals surface area (Å²) in [5.41, 5.74) is 1.49. The van der Waals surface area contributed by atoms with Crippen LogP contribution in [0.3, 0.4) is 0 Å². The standard InChI is InChI=1S/C18H17N3O5/c1-26-12-4-2-11(3-5-12)10-21-7-6-13-14(21)8-19-16(17(13)24)18(25)20-9-15(22)23/h2-8,24H,9-10H2,1H3,(H,20,25)(H,22,23). The van der Waals surface area contributed by atoms with Crippen molar-refractivity contribution in [3.8, 4) is 11.5 Å². The van der Waals surface area contributed by atoms with Gasteiger partial charge in [-0.2, -0.15) is 0 Å². The van der Waals surface area contributed by atoms with Gasteiger partial charge in [0.2, 0.25) is 0 Å². The van der Waals surface area contributed by atoms with Crippen molar-refractivity contribution in [2.24, 2.45) is 0 Å². The summed E-state index contributed by atoms with van der Waals surface area (Å²) in [6.45, 7) is 0.00957. The molecule has 134 valence electrons. The number of ether oxygens (including phenoxy) is 1. The van der Waals surface area contributed by atoms with Crippen molar-refractivity contribution in [2.75, 3.05) is 13.7 Å². The number of carboxylic acid groups (broad SMARTS) is 1. The molecule has 0 saturated heterocycles. The number of carbonyl (C=O) groups is 2. The monoisotopic (exact) mass is 355 g/mol. The van der Waals surface area contributed by atoms with Gasteiger partial charge in [-0.1, -0.05) is 12.1 Å². The molecular formula is C18H17N3O5. The molecule has 1 aromatic carbocycles. The van der Waals surface area contributed by atoms with Crippen LogP contribution in [0.15, 0.2) is 42.7 Å². The summed E-state index contributed by atoms with van der Waals surface area (Å²) in [4.78, 5) is 26.5. The Kier molecular flexibility index (Phi) is 4.74. The van der Waals surface area contributed by atoms with Crippen LogP contribution in [0.25, 0.3) is 10.9 Å². The predicted molar refractivity (Wildman–Crippen MR) is 93.5 cm³/mol. The number of methoxy groups -OCH3 is 1. The number of benzene rings is 1. The third-order valence-electron chi connectivity index (χ3n) is 3.93. The molecule has 0 aliphatic carbocycles. The Labute approximate surface area is 148 Å². The Morgan fingerprint density at radius 1 is 1.23 bits per heavy atom. The van der Waals surface area contributed by atoms with E-state index in [4.69, 9.17) is 9.84 Å². The fraction of sp³-hybridized carbons (Fsp3) is 0.167. The van der Waals surface area contributed by atoms with E-state index in [-0.39, 0.29) is 11.4 Å². The molecule has 0 atom stereocenters. The van der Waals surface area contributed by atoms with E-state index in [1.165, 1.54) is 6.20 Å². The molecule has 8 heteroatoms. The Morgan fingerprint density at radius 2 is 1.96 bits per heavy atom. The number of hydrogen-bond donors (Lipinski definition) is 3.